The molecule has 1 aliphatic carbocycles. The van der Waals surface area contributed by atoms with Gasteiger partial charge in [-0.2, -0.15) is 0 Å². The van der Waals surface area contributed by atoms with Crippen LogP contribution in [0, 0.1) is 11.3 Å². The van der Waals surface area contributed by atoms with Crippen molar-refractivity contribution in [1.29, 1.82) is 0 Å². The number of alkyl carbamates (subject to hydrolysis) is 1. The molecule has 0 aliphatic heterocycles. The molecule has 0 saturated heterocycles. The zero-order valence-corrected chi connectivity index (χ0v) is 9.43. The van der Waals surface area contributed by atoms with Crippen molar-refractivity contribution < 1.29 is 9.53 Å². The van der Waals surface area contributed by atoms with E-state index in [0.29, 0.717) is 5.41 Å². The number of hydrogen-bond donors (Lipinski definition) is 1. The third kappa shape index (κ3) is 2.63. The minimum Gasteiger partial charge on any atom is -0.453 e. The summed E-state index contributed by atoms with van der Waals surface area (Å²) in [5.74, 6) is 0.800. The Kier molecular flexibility index (Phi) is 3.78. The predicted octanol–water partition coefficient (Wildman–Crippen LogP) is 2.56. The van der Waals surface area contributed by atoms with E-state index in [0.717, 1.165) is 18.9 Å². The maximum atomic E-state index is 11.0. The quantitative estimate of drug-likeness (QED) is 0.758. The highest BCUT2D eigenvalue weighted by Gasteiger charge is 2.35. The van der Waals surface area contributed by atoms with Crippen molar-refractivity contribution in [2.24, 2.45) is 11.3 Å². The van der Waals surface area contributed by atoms with E-state index in [1.54, 1.807) is 0 Å². The summed E-state index contributed by atoms with van der Waals surface area (Å²) in [6.07, 6.45) is 4.58. The fraction of sp³-hybridized carbons (Fsp3) is 0.909. The summed E-state index contributed by atoms with van der Waals surface area (Å²) >= 11 is 0. The van der Waals surface area contributed by atoms with Crippen molar-refractivity contribution in [2.75, 3.05) is 13.7 Å². The summed E-state index contributed by atoms with van der Waals surface area (Å²) < 4.78 is 4.58. The lowest BCUT2D eigenvalue weighted by molar-refractivity contribution is 0.160. The Morgan fingerprint density at radius 1 is 1.64 bits per heavy atom. The Bertz CT molecular complexity index is 205. The molecule has 14 heavy (non-hydrogen) atoms. The Labute approximate surface area is 86.2 Å². The summed E-state index contributed by atoms with van der Waals surface area (Å²) in [5.41, 5.74) is 0.327. The van der Waals surface area contributed by atoms with E-state index in [2.05, 4.69) is 23.9 Å². The van der Waals surface area contributed by atoms with Crippen LogP contribution >= 0.6 is 0 Å². The first kappa shape index (κ1) is 11.3. The molecule has 82 valence electrons. The first-order valence-electron chi connectivity index (χ1n) is 5.44. The normalized spacial score (nSPS) is 31.5. The molecule has 0 spiro atoms. The lowest BCUT2D eigenvalue weighted by Crippen LogP contribution is -2.35. The van der Waals surface area contributed by atoms with Gasteiger partial charge < -0.3 is 10.1 Å². The van der Waals surface area contributed by atoms with Crippen molar-refractivity contribution in [3.8, 4) is 0 Å². The second-order valence-corrected chi connectivity index (χ2v) is 4.55. The minimum atomic E-state index is -0.308. The van der Waals surface area contributed by atoms with Crippen LogP contribution < -0.4 is 5.32 Å². The van der Waals surface area contributed by atoms with Crippen molar-refractivity contribution in [3.63, 3.8) is 0 Å². The molecular weight excluding hydrogens is 178 g/mol. The Morgan fingerprint density at radius 3 is 2.79 bits per heavy atom. The van der Waals surface area contributed by atoms with Gasteiger partial charge in [-0.05, 0) is 30.6 Å². The van der Waals surface area contributed by atoms with E-state index in [1.165, 1.54) is 26.4 Å². The highest BCUT2D eigenvalue weighted by Crippen LogP contribution is 2.43. The molecule has 1 rings (SSSR count). The van der Waals surface area contributed by atoms with Gasteiger partial charge in [0.2, 0.25) is 0 Å². The van der Waals surface area contributed by atoms with Gasteiger partial charge in [-0.25, -0.2) is 4.79 Å². The molecule has 1 aliphatic rings. The van der Waals surface area contributed by atoms with E-state index in [1.807, 2.05) is 0 Å². The maximum Gasteiger partial charge on any atom is 0.406 e. The van der Waals surface area contributed by atoms with Crippen molar-refractivity contribution in [1.82, 2.24) is 5.32 Å². The lowest BCUT2D eigenvalue weighted by Gasteiger charge is -2.27. The molecule has 1 amide bonds. The van der Waals surface area contributed by atoms with E-state index in [9.17, 15) is 4.79 Å². The third-order valence-electron chi connectivity index (χ3n) is 3.49. The van der Waals surface area contributed by atoms with Gasteiger partial charge in [0.1, 0.15) is 0 Å². The molecule has 0 aromatic heterocycles. The second kappa shape index (κ2) is 4.67. The SMILES string of the molecule is CC[C@]1(CNC(=O)OC)CC[C@@H](C)C1. The number of hydrogen-bond acceptors (Lipinski definition) is 2. The van der Waals surface area contributed by atoms with Gasteiger partial charge in [0, 0.05) is 6.54 Å². The van der Waals surface area contributed by atoms with E-state index in [4.69, 9.17) is 0 Å². The van der Waals surface area contributed by atoms with Crippen LogP contribution in [0.15, 0.2) is 0 Å². The Hall–Kier alpha value is -0.730. The van der Waals surface area contributed by atoms with Crippen LogP contribution in [0.5, 0.6) is 0 Å². The van der Waals surface area contributed by atoms with Crippen LogP contribution in [0.2, 0.25) is 0 Å². The average molecular weight is 199 g/mol. The van der Waals surface area contributed by atoms with Crippen molar-refractivity contribution in [2.45, 2.75) is 39.5 Å². The Balaban J connectivity index is 2.42. The fourth-order valence-corrected chi connectivity index (χ4v) is 2.43. The standard InChI is InChI=1S/C11H21NO2/c1-4-11(6-5-9(2)7-11)8-12-10(13)14-3/h9H,4-8H2,1-3H3,(H,12,13)/t9-,11+/m1/s1. The number of rotatable bonds is 3. The van der Waals surface area contributed by atoms with Crippen LogP contribution in [-0.2, 0) is 4.74 Å². The number of ether oxygens (including phenoxy) is 1. The molecule has 0 aromatic rings. The number of methoxy groups -OCH3 is 1. The van der Waals surface area contributed by atoms with Crippen LogP contribution in [-0.4, -0.2) is 19.7 Å². The summed E-state index contributed by atoms with van der Waals surface area (Å²) in [7, 11) is 1.41. The molecule has 0 aromatic carbocycles. The van der Waals surface area contributed by atoms with Crippen LogP contribution in [0.25, 0.3) is 0 Å². The summed E-state index contributed by atoms with van der Waals surface area (Å²) in [6, 6.07) is 0. The molecule has 0 radical (unpaired) electrons. The van der Waals surface area contributed by atoms with E-state index in [-0.39, 0.29) is 6.09 Å². The highest BCUT2D eigenvalue weighted by atomic mass is 16.5. The topological polar surface area (TPSA) is 38.3 Å². The zero-order valence-electron chi connectivity index (χ0n) is 9.43. The largest absolute Gasteiger partial charge is 0.453 e. The van der Waals surface area contributed by atoms with Crippen LogP contribution in [0.1, 0.15) is 39.5 Å². The zero-order chi connectivity index (χ0) is 10.6. The molecule has 1 fully saturated rings. The summed E-state index contributed by atoms with van der Waals surface area (Å²) in [4.78, 5) is 11.0. The predicted molar refractivity (Wildman–Crippen MR) is 56.1 cm³/mol. The van der Waals surface area contributed by atoms with Crippen molar-refractivity contribution >= 4 is 6.09 Å². The molecule has 0 bridgehead atoms. The van der Waals surface area contributed by atoms with Crippen molar-refractivity contribution in [3.05, 3.63) is 0 Å². The monoisotopic (exact) mass is 199 g/mol. The van der Waals surface area contributed by atoms with Gasteiger partial charge in [-0.3, -0.25) is 0 Å². The molecule has 1 N–H and O–H groups in total. The number of nitrogens with one attached hydrogen (secondary N) is 1. The number of amides is 1. The van der Waals surface area contributed by atoms with Gasteiger partial charge >= 0.3 is 6.09 Å². The summed E-state index contributed by atoms with van der Waals surface area (Å²) in [5, 5.41) is 2.83. The molecule has 3 nitrogen and oxygen atoms in total. The van der Waals surface area contributed by atoms with Crippen LogP contribution in [0.3, 0.4) is 0 Å². The lowest BCUT2D eigenvalue weighted by atomic mass is 9.82. The van der Waals surface area contributed by atoms with Gasteiger partial charge in [0.15, 0.2) is 0 Å². The first-order chi connectivity index (χ1) is 6.62. The van der Waals surface area contributed by atoms with Gasteiger partial charge in [0.05, 0.1) is 7.11 Å². The van der Waals surface area contributed by atoms with Gasteiger partial charge in [-0.1, -0.05) is 20.3 Å². The number of carbonyl (C=O) groups is 1. The molecule has 1 saturated carbocycles. The molecule has 0 heterocycles. The fourth-order valence-electron chi connectivity index (χ4n) is 2.43. The third-order valence-corrected chi connectivity index (χ3v) is 3.49. The number of carbonyl (C=O) groups excluding carboxylic acids is 1. The molecule has 3 heteroatoms. The molecule has 0 unspecified atom stereocenters. The molecular formula is C11H21NO2. The van der Waals surface area contributed by atoms with Crippen LogP contribution in [0.4, 0.5) is 4.79 Å². The molecule has 2 atom stereocenters. The average Bonchev–Trinajstić information content (AvgIpc) is 2.57. The second-order valence-electron chi connectivity index (χ2n) is 4.55. The van der Waals surface area contributed by atoms with E-state index >= 15 is 0 Å². The highest BCUT2D eigenvalue weighted by molar-refractivity contribution is 5.66. The maximum absolute atomic E-state index is 11.0. The smallest absolute Gasteiger partial charge is 0.406 e. The minimum absolute atomic E-state index is 0.308. The first-order valence-corrected chi connectivity index (χ1v) is 5.44. The van der Waals surface area contributed by atoms with Gasteiger partial charge in [0.25, 0.3) is 0 Å². The Morgan fingerprint density at radius 2 is 2.36 bits per heavy atom. The van der Waals surface area contributed by atoms with E-state index < -0.39 is 0 Å². The summed E-state index contributed by atoms with van der Waals surface area (Å²) in [6.45, 7) is 5.26. The van der Waals surface area contributed by atoms with Gasteiger partial charge in [-0.15, -0.1) is 0 Å².